The summed E-state index contributed by atoms with van der Waals surface area (Å²) in [5.41, 5.74) is 0.870. The molecular formula is C6H6ClN2. The number of nitrogens with zero attached hydrogens (tertiary/aromatic N) is 2. The third-order valence-corrected chi connectivity index (χ3v) is 1.15. The van der Waals surface area contributed by atoms with E-state index >= 15 is 0 Å². The van der Waals surface area contributed by atoms with E-state index in [2.05, 4.69) is 16.9 Å². The first-order chi connectivity index (χ1) is 4.33. The Labute approximate surface area is 58.9 Å². The summed E-state index contributed by atoms with van der Waals surface area (Å²) in [6, 6.07) is 1.70. The van der Waals surface area contributed by atoms with Crippen molar-refractivity contribution in [3.63, 3.8) is 0 Å². The lowest BCUT2D eigenvalue weighted by Crippen LogP contribution is -1.86. The van der Waals surface area contributed by atoms with Crippen molar-refractivity contribution in [1.82, 2.24) is 9.97 Å². The first-order valence-electron chi connectivity index (χ1n) is 2.58. The average Bonchev–Trinajstić information content (AvgIpc) is 1.88. The molecule has 1 heterocycles. The zero-order valence-electron chi connectivity index (χ0n) is 4.84. The van der Waals surface area contributed by atoms with Gasteiger partial charge in [0.25, 0.3) is 0 Å². The Bertz CT molecular complexity index is 200. The lowest BCUT2D eigenvalue weighted by molar-refractivity contribution is 1.05. The fraction of sp³-hybridized carbons (Fsp3) is 0.167. The Kier molecular flexibility index (Phi) is 2.01. The molecule has 2 nitrogen and oxygen atoms in total. The van der Waals surface area contributed by atoms with Crippen molar-refractivity contribution in [2.45, 2.75) is 6.42 Å². The summed E-state index contributed by atoms with van der Waals surface area (Å²) in [7, 11) is 0. The van der Waals surface area contributed by atoms with E-state index in [-0.39, 0.29) is 0 Å². The van der Waals surface area contributed by atoms with Gasteiger partial charge in [0.05, 0.1) is 0 Å². The fourth-order valence-electron chi connectivity index (χ4n) is 0.507. The maximum atomic E-state index is 5.54. The quantitative estimate of drug-likeness (QED) is 0.554. The van der Waals surface area contributed by atoms with E-state index in [0.29, 0.717) is 11.6 Å². The summed E-state index contributed by atoms with van der Waals surface area (Å²) in [5, 5.41) is 0.476. The molecule has 0 N–H and O–H groups in total. The molecule has 0 aliphatic carbocycles. The van der Waals surface area contributed by atoms with Gasteiger partial charge in [-0.1, -0.05) is 11.6 Å². The van der Waals surface area contributed by atoms with Crippen molar-refractivity contribution >= 4 is 11.6 Å². The largest absolute Gasteiger partial charge is 0.241 e. The van der Waals surface area contributed by atoms with Crippen LogP contribution in [0.25, 0.3) is 0 Å². The molecule has 0 atom stereocenters. The van der Waals surface area contributed by atoms with E-state index in [9.17, 15) is 0 Å². The van der Waals surface area contributed by atoms with Gasteiger partial charge < -0.3 is 0 Å². The van der Waals surface area contributed by atoms with Crippen molar-refractivity contribution in [3.05, 3.63) is 30.2 Å². The topological polar surface area (TPSA) is 25.8 Å². The molecule has 0 bridgehead atoms. The maximum Gasteiger partial charge on any atom is 0.132 e. The van der Waals surface area contributed by atoms with Gasteiger partial charge in [-0.25, -0.2) is 9.97 Å². The minimum Gasteiger partial charge on any atom is -0.241 e. The van der Waals surface area contributed by atoms with Crippen LogP contribution in [0.1, 0.15) is 5.69 Å². The minimum absolute atomic E-state index is 0.476. The van der Waals surface area contributed by atoms with Crippen LogP contribution in [0.3, 0.4) is 0 Å². The van der Waals surface area contributed by atoms with Crippen LogP contribution in [-0.2, 0) is 6.42 Å². The van der Waals surface area contributed by atoms with Crippen molar-refractivity contribution in [2.75, 3.05) is 0 Å². The first kappa shape index (κ1) is 6.49. The van der Waals surface area contributed by atoms with E-state index < -0.39 is 0 Å². The Morgan fingerprint density at radius 2 is 2.33 bits per heavy atom. The van der Waals surface area contributed by atoms with Crippen molar-refractivity contribution in [1.29, 1.82) is 0 Å². The van der Waals surface area contributed by atoms with Crippen LogP contribution in [0.2, 0.25) is 5.15 Å². The Hall–Kier alpha value is -0.630. The molecule has 0 amide bonds. The molecule has 1 radical (unpaired) electrons. The molecule has 9 heavy (non-hydrogen) atoms. The van der Waals surface area contributed by atoms with Crippen LogP contribution in [0.4, 0.5) is 0 Å². The summed E-state index contributed by atoms with van der Waals surface area (Å²) < 4.78 is 0. The van der Waals surface area contributed by atoms with Crippen molar-refractivity contribution < 1.29 is 0 Å². The van der Waals surface area contributed by atoms with Gasteiger partial charge in [0.15, 0.2) is 0 Å². The minimum atomic E-state index is 0.476. The average molecular weight is 142 g/mol. The van der Waals surface area contributed by atoms with Gasteiger partial charge in [0, 0.05) is 5.69 Å². The van der Waals surface area contributed by atoms with Gasteiger partial charge in [-0.2, -0.15) is 0 Å². The third-order valence-electron chi connectivity index (χ3n) is 0.946. The number of aromatic nitrogens is 2. The Morgan fingerprint density at radius 1 is 1.56 bits per heavy atom. The molecule has 0 aromatic carbocycles. The molecule has 47 valence electrons. The highest BCUT2D eigenvalue weighted by atomic mass is 35.5. The van der Waals surface area contributed by atoms with Crippen molar-refractivity contribution in [2.24, 2.45) is 0 Å². The Balaban J connectivity index is 2.94. The van der Waals surface area contributed by atoms with Crippen LogP contribution in [0.5, 0.6) is 0 Å². The molecule has 0 aliphatic heterocycles. The molecule has 0 aliphatic rings. The van der Waals surface area contributed by atoms with Crippen molar-refractivity contribution in [3.8, 4) is 0 Å². The van der Waals surface area contributed by atoms with Crippen LogP contribution in [0, 0.1) is 6.92 Å². The van der Waals surface area contributed by atoms with Gasteiger partial charge in [-0.15, -0.1) is 0 Å². The molecule has 0 unspecified atom stereocenters. The van der Waals surface area contributed by atoms with E-state index in [0.717, 1.165) is 5.69 Å². The predicted molar refractivity (Wildman–Crippen MR) is 36.1 cm³/mol. The number of hydrogen-bond donors (Lipinski definition) is 0. The number of hydrogen-bond acceptors (Lipinski definition) is 2. The summed E-state index contributed by atoms with van der Waals surface area (Å²) in [6.45, 7) is 3.65. The van der Waals surface area contributed by atoms with Gasteiger partial charge in [0.1, 0.15) is 11.5 Å². The third kappa shape index (κ3) is 1.64. The van der Waals surface area contributed by atoms with E-state index in [1.807, 2.05) is 0 Å². The van der Waals surface area contributed by atoms with E-state index in [1.54, 1.807) is 6.07 Å². The molecule has 0 fully saturated rings. The highest BCUT2D eigenvalue weighted by molar-refractivity contribution is 6.29. The monoisotopic (exact) mass is 141 g/mol. The molecule has 1 rings (SSSR count). The molecule has 0 saturated heterocycles. The SMILES string of the molecule is [CH2]Cc1cc(Cl)ncn1. The van der Waals surface area contributed by atoms with Gasteiger partial charge in [-0.3, -0.25) is 0 Å². The maximum absolute atomic E-state index is 5.54. The molecule has 1 aromatic rings. The molecular weight excluding hydrogens is 136 g/mol. The second-order valence-electron chi connectivity index (χ2n) is 1.58. The van der Waals surface area contributed by atoms with Gasteiger partial charge in [-0.05, 0) is 19.4 Å². The molecule has 0 spiro atoms. The molecule has 3 heteroatoms. The first-order valence-corrected chi connectivity index (χ1v) is 2.96. The number of rotatable bonds is 1. The lowest BCUT2D eigenvalue weighted by atomic mass is 10.3. The zero-order valence-corrected chi connectivity index (χ0v) is 5.60. The van der Waals surface area contributed by atoms with Gasteiger partial charge in [0.2, 0.25) is 0 Å². The highest BCUT2D eigenvalue weighted by Crippen LogP contribution is 2.03. The van der Waals surface area contributed by atoms with Crippen LogP contribution in [-0.4, -0.2) is 9.97 Å². The van der Waals surface area contributed by atoms with Crippen LogP contribution in [0.15, 0.2) is 12.4 Å². The van der Waals surface area contributed by atoms with Gasteiger partial charge >= 0.3 is 0 Å². The summed E-state index contributed by atoms with van der Waals surface area (Å²) >= 11 is 5.54. The predicted octanol–water partition coefficient (Wildman–Crippen LogP) is 1.51. The van der Waals surface area contributed by atoms with E-state index in [4.69, 9.17) is 11.6 Å². The zero-order chi connectivity index (χ0) is 6.69. The molecule has 1 aromatic heterocycles. The van der Waals surface area contributed by atoms with Crippen LogP contribution >= 0.6 is 11.6 Å². The molecule has 0 saturated carbocycles. The summed E-state index contributed by atoms with van der Waals surface area (Å²) in [4.78, 5) is 7.61. The highest BCUT2D eigenvalue weighted by Gasteiger charge is 1.90. The normalized spacial score (nSPS) is 9.56. The fourth-order valence-corrected chi connectivity index (χ4v) is 0.677. The van der Waals surface area contributed by atoms with E-state index in [1.165, 1.54) is 6.33 Å². The smallest absolute Gasteiger partial charge is 0.132 e. The summed E-state index contributed by atoms with van der Waals surface area (Å²) in [6.07, 6.45) is 2.09. The second-order valence-corrected chi connectivity index (χ2v) is 1.97. The summed E-state index contributed by atoms with van der Waals surface area (Å²) in [5.74, 6) is 0. The second kappa shape index (κ2) is 2.78. The standard InChI is InChI=1S/C6H6ClN2/c1-2-5-3-6(7)9-4-8-5/h3-4H,1-2H2. The number of halogens is 1. The lowest BCUT2D eigenvalue weighted by Gasteiger charge is -1.91. The van der Waals surface area contributed by atoms with Crippen LogP contribution < -0.4 is 0 Å². The Morgan fingerprint density at radius 3 is 2.78 bits per heavy atom.